The second-order valence-corrected chi connectivity index (χ2v) is 6.96. The number of para-hydroxylation sites is 1. The van der Waals surface area contributed by atoms with E-state index in [0.717, 1.165) is 5.56 Å². The molecule has 146 valence electrons. The van der Waals surface area contributed by atoms with Gasteiger partial charge < -0.3 is 4.74 Å². The molecule has 0 heterocycles. The molecule has 3 aromatic carbocycles. The molecule has 0 aliphatic rings. The van der Waals surface area contributed by atoms with Crippen molar-refractivity contribution in [3.63, 3.8) is 0 Å². The van der Waals surface area contributed by atoms with Crippen LogP contribution in [0.3, 0.4) is 0 Å². The van der Waals surface area contributed by atoms with Gasteiger partial charge in [0.25, 0.3) is 5.91 Å². The number of ether oxygens (including phenoxy) is 1. The standard InChI is InChI=1S/C22H16Cl2N2O3/c1-14-5-4-7-15(11-14)22(28)29-20-8-3-2-6-16(20)13-25-26-21(27)18-10-9-17(23)12-19(18)24/h2-13H,1H3,(H,26,27)/b25-13-. The van der Waals surface area contributed by atoms with Crippen molar-refractivity contribution in [1.82, 2.24) is 5.43 Å². The van der Waals surface area contributed by atoms with Crippen molar-refractivity contribution in [3.8, 4) is 5.75 Å². The number of hydrogen-bond donors (Lipinski definition) is 1. The molecule has 29 heavy (non-hydrogen) atoms. The van der Waals surface area contributed by atoms with Crippen molar-refractivity contribution < 1.29 is 14.3 Å². The molecule has 0 atom stereocenters. The Morgan fingerprint density at radius 3 is 2.55 bits per heavy atom. The Balaban J connectivity index is 1.71. The summed E-state index contributed by atoms with van der Waals surface area (Å²) in [5.41, 5.74) is 4.56. The topological polar surface area (TPSA) is 67.8 Å². The van der Waals surface area contributed by atoms with Crippen LogP contribution < -0.4 is 10.2 Å². The molecule has 0 saturated heterocycles. The first kappa shape index (κ1) is 20.6. The molecule has 0 aliphatic heterocycles. The number of nitrogens with zero attached hydrogens (tertiary/aromatic N) is 1. The number of hydrazone groups is 1. The Kier molecular flexibility index (Phi) is 6.65. The summed E-state index contributed by atoms with van der Waals surface area (Å²) in [5, 5.41) is 4.58. The maximum atomic E-state index is 12.4. The molecule has 1 amide bonds. The van der Waals surface area contributed by atoms with Crippen molar-refractivity contribution in [2.24, 2.45) is 5.10 Å². The molecule has 5 nitrogen and oxygen atoms in total. The van der Waals surface area contributed by atoms with Gasteiger partial charge in [0, 0.05) is 10.6 Å². The number of carbonyl (C=O) groups is 2. The Bertz CT molecular complexity index is 1100. The van der Waals surface area contributed by atoms with Gasteiger partial charge in [-0.25, -0.2) is 10.2 Å². The number of nitrogens with one attached hydrogen (secondary N) is 1. The summed E-state index contributed by atoms with van der Waals surface area (Å²) in [6.45, 7) is 1.90. The van der Waals surface area contributed by atoms with E-state index < -0.39 is 11.9 Å². The van der Waals surface area contributed by atoms with E-state index in [1.54, 1.807) is 48.5 Å². The number of rotatable bonds is 5. The minimum absolute atomic E-state index is 0.220. The van der Waals surface area contributed by atoms with E-state index in [0.29, 0.717) is 21.9 Å². The molecule has 7 heteroatoms. The Morgan fingerprint density at radius 2 is 1.79 bits per heavy atom. The summed E-state index contributed by atoms with van der Waals surface area (Å²) >= 11 is 11.8. The van der Waals surface area contributed by atoms with Crippen LogP contribution in [0, 0.1) is 6.92 Å². The van der Waals surface area contributed by atoms with Gasteiger partial charge in [-0.3, -0.25) is 4.79 Å². The number of aryl methyl sites for hydroxylation is 1. The quantitative estimate of drug-likeness (QED) is 0.261. The lowest BCUT2D eigenvalue weighted by molar-refractivity contribution is 0.0734. The first-order valence-corrected chi connectivity index (χ1v) is 9.36. The molecule has 3 aromatic rings. The predicted molar refractivity (Wildman–Crippen MR) is 114 cm³/mol. The van der Waals surface area contributed by atoms with Gasteiger partial charge in [0.1, 0.15) is 5.75 Å². The van der Waals surface area contributed by atoms with E-state index in [1.807, 2.05) is 13.0 Å². The van der Waals surface area contributed by atoms with Crippen LogP contribution in [-0.4, -0.2) is 18.1 Å². The lowest BCUT2D eigenvalue weighted by Crippen LogP contribution is -2.18. The number of benzene rings is 3. The number of esters is 1. The third kappa shape index (κ3) is 5.44. The van der Waals surface area contributed by atoms with Crippen molar-refractivity contribution in [1.29, 1.82) is 0 Å². The summed E-state index contributed by atoms with van der Waals surface area (Å²) in [6.07, 6.45) is 1.39. The van der Waals surface area contributed by atoms with Crippen LogP contribution in [-0.2, 0) is 0 Å². The monoisotopic (exact) mass is 426 g/mol. The molecule has 3 rings (SSSR count). The fourth-order valence-electron chi connectivity index (χ4n) is 2.51. The zero-order valence-corrected chi connectivity index (χ0v) is 16.9. The molecule has 1 N–H and O–H groups in total. The van der Waals surface area contributed by atoms with E-state index in [4.69, 9.17) is 27.9 Å². The Morgan fingerprint density at radius 1 is 1.00 bits per heavy atom. The highest BCUT2D eigenvalue weighted by molar-refractivity contribution is 6.36. The second kappa shape index (κ2) is 9.37. The summed E-state index contributed by atoms with van der Waals surface area (Å²) in [7, 11) is 0. The van der Waals surface area contributed by atoms with Crippen LogP contribution in [0.2, 0.25) is 10.0 Å². The number of carbonyl (C=O) groups excluding carboxylic acids is 2. The lowest BCUT2D eigenvalue weighted by atomic mass is 10.1. The molecule has 0 unspecified atom stereocenters. The summed E-state index contributed by atoms with van der Waals surface area (Å²) < 4.78 is 5.48. The SMILES string of the molecule is Cc1cccc(C(=O)Oc2ccccc2/C=N\NC(=O)c2ccc(Cl)cc2Cl)c1. The van der Waals surface area contributed by atoms with Gasteiger partial charge >= 0.3 is 5.97 Å². The van der Waals surface area contributed by atoms with Crippen LogP contribution in [0.15, 0.2) is 71.8 Å². The molecule has 0 spiro atoms. The van der Waals surface area contributed by atoms with Crippen LogP contribution in [0.5, 0.6) is 5.75 Å². The van der Waals surface area contributed by atoms with Gasteiger partial charge in [0.2, 0.25) is 0 Å². The fourth-order valence-corrected chi connectivity index (χ4v) is 3.00. The predicted octanol–water partition coefficient (Wildman–Crippen LogP) is 5.28. The first-order valence-electron chi connectivity index (χ1n) is 8.60. The Hall–Kier alpha value is -3.15. The minimum Gasteiger partial charge on any atom is -0.422 e. The van der Waals surface area contributed by atoms with E-state index in [2.05, 4.69) is 10.5 Å². The van der Waals surface area contributed by atoms with Gasteiger partial charge in [-0.1, -0.05) is 53.0 Å². The second-order valence-electron chi connectivity index (χ2n) is 6.12. The van der Waals surface area contributed by atoms with Crippen LogP contribution in [0.25, 0.3) is 0 Å². The third-order valence-corrected chi connectivity index (χ3v) is 4.47. The van der Waals surface area contributed by atoms with Crippen molar-refractivity contribution >= 4 is 41.3 Å². The van der Waals surface area contributed by atoms with Gasteiger partial charge in [-0.05, 0) is 49.4 Å². The zero-order valence-electron chi connectivity index (χ0n) is 15.4. The van der Waals surface area contributed by atoms with Crippen molar-refractivity contribution in [2.45, 2.75) is 6.92 Å². The average molecular weight is 427 g/mol. The van der Waals surface area contributed by atoms with Crippen LogP contribution in [0.1, 0.15) is 31.8 Å². The van der Waals surface area contributed by atoms with Crippen molar-refractivity contribution in [3.05, 3.63) is 99.0 Å². The number of amides is 1. The largest absolute Gasteiger partial charge is 0.422 e. The summed E-state index contributed by atoms with van der Waals surface area (Å²) in [4.78, 5) is 24.6. The van der Waals surface area contributed by atoms with Gasteiger partial charge in [-0.15, -0.1) is 0 Å². The van der Waals surface area contributed by atoms with E-state index >= 15 is 0 Å². The molecule has 0 radical (unpaired) electrons. The number of hydrogen-bond acceptors (Lipinski definition) is 4. The number of halogens is 2. The smallest absolute Gasteiger partial charge is 0.343 e. The normalized spacial score (nSPS) is 10.7. The fraction of sp³-hybridized carbons (Fsp3) is 0.0455. The van der Waals surface area contributed by atoms with Gasteiger partial charge in [-0.2, -0.15) is 5.10 Å². The summed E-state index contributed by atoms with van der Waals surface area (Å²) in [6, 6.07) is 18.5. The maximum Gasteiger partial charge on any atom is 0.343 e. The molecular formula is C22H16Cl2N2O3. The highest BCUT2D eigenvalue weighted by atomic mass is 35.5. The van der Waals surface area contributed by atoms with Crippen molar-refractivity contribution in [2.75, 3.05) is 0 Å². The molecular weight excluding hydrogens is 411 g/mol. The third-order valence-electron chi connectivity index (χ3n) is 3.92. The van der Waals surface area contributed by atoms with Crippen LogP contribution >= 0.6 is 23.2 Å². The summed E-state index contributed by atoms with van der Waals surface area (Å²) in [5.74, 6) is -0.648. The minimum atomic E-state index is -0.489. The van der Waals surface area contributed by atoms with Gasteiger partial charge in [0.05, 0.1) is 22.4 Å². The average Bonchev–Trinajstić information content (AvgIpc) is 2.69. The molecule has 0 aliphatic carbocycles. The van der Waals surface area contributed by atoms with Crippen LogP contribution in [0.4, 0.5) is 0 Å². The van der Waals surface area contributed by atoms with E-state index in [-0.39, 0.29) is 10.6 Å². The van der Waals surface area contributed by atoms with E-state index in [1.165, 1.54) is 18.3 Å². The van der Waals surface area contributed by atoms with E-state index in [9.17, 15) is 9.59 Å². The zero-order chi connectivity index (χ0) is 20.8. The molecule has 0 fully saturated rings. The highest BCUT2D eigenvalue weighted by Gasteiger charge is 2.12. The molecule has 0 aromatic heterocycles. The maximum absolute atomic E-state index is 12.4. The Labute approximate surface area is 177 Å². The molecule has 0 saturated carbocycles. The lowest BCUT2D eigenvalue weighted by Gasteiger charge is -2.08. The van der Waals surface area contributed by atoms with Gasteiger partial charge in [0.15, 0.2) is 0 Å². The first-order chi connectivity index (χ1) is 13.9. The molecule has 0 bridgehead atoms. The highest BCUT2D eigenvalue weighted by Crippen LogP contribution is 2.21.